The average Bonchev–Trinajstić information content (AvgIpc) is 4.36. The summed E-state index contributed by atoms with van der Waals surface area (Å²) in [5.74, 6) is 0. The summed E-state index contributed by atoms with van der Waals surface area (Å²) in [6, 6.07) is 97.9. The number of nitrogens with zero attached hydrogens (tertiary/aromatic N) is 4. The molecule has 2 aromatic heterocycles. The molecule has 0 aliphatic heterocycles. The van der Waals surface area contributed by atoms with Gasteiger partial charge in [-0.15, -0.1) is 0 Å². The van der Waals surface area contributed by atoms with E-state index in [1.807, 2.05) is 0 Å². The molecule has 13 aromatic carbocycles. The molecule has 0 saturated carbocycles. The van der Waals surface area contributed by atoms with Crippen molar-refractivity contribution < 1.29 is 0 Å². The summed E-state index contributed by atoms with van der Waals surface area (Å²) in [5.41, 5.74) is 23.0. The van der Waals surface area contributed by atoms with Crippen LogP contribution < -0.4 is 4.90 Å². The van der Waals surface area contributed by atoms with Gasteiger partial charge < -0.3 is 9.47 Å². The average molecular weight is 1010 g/mol. The summed E-state index contributed by atoms with van der Waals surface area (Å²) < 4.78 is 12.6. The molecule has 0 unspecified atom stereocenters. The van der Waals surface area contributed by atoms with Crippen molar-refractivity contribution in [2.24, 2.45) is 0 Å². The Labute approximate surface area is 455 Å². The Bertz CT molecular complexity index is 4860. The summed E-state index contributed by atoms with van der Waals surface area (Å²) in [6.07, 6.45) is 0.960. The summed E-state index contributed by atoms with van der Waals surface area (Å²) in [7, 11) is 0. The van der Waals surface area contributed by atoms with Crippen molar-refractivity contribution in [3.05, 3.63) is 278 Å². The highest BCUT2D eigenvalue weighted by Gasteiger charge is 2.24. The van der Waals surface area contributed by atoms with Gasteiger partial charge in [-0.05, 0) is 167 Å². The van der Waals surface area contributed by atoms with Gasteiger partial charge in [-0.2, -0.15) is 8.75 Å². The predicted molar refractivity (Wildman–Crippen MR) is 329 cm³/mol. The number of aromatic nitrogens is 3. The Morgan fingerprint density at radius 2 is 0.936 bits per heavy atom. The Morgan fingerprint density at radius 1 is 0.346 bits per heavy atom. The van der Waals surface area contributed by atoms with Crippen LogP contribution in [0.1, 0.15) is 11.1 Å². The van der Waals surface area contributed by atoms with Crippen LogP contribution in [0, 0.1) is 0 Å². The molecule has 364 valence electrons. The van der Waals surface area contributed by atoms with Crippen LogP contribution in [0.5, 0.6) is 0 Å². The minimum Gasteiger partial charge on any atom is -0.309 e. The van der Waals surface area contributed by atoms with Gasteiger partial charge in [-0.3, -0.25) is 0 Å². The van der Waals surface area contributed by atoms with Crippen molar-refractivity contribution in [1.29, 1.82) is 0 Å². The molecule has 0 amide bonds. The van der Waals surface area contributed by atoms with Gasteiger partial charge in [0.05, 0.1) is 28.4 Å². The molecule has 0 bridgehead atoms. The fraction of sp³-hybridized carbons (Fsp3) is 0.0137. The fourth-order valence-electron chi connectivity index (χ4n) is 12.6. The minimum atomic E-state index is 0.857. The van der Waals surface area contributed by atoms with Crippen LogP contribution in [0.3, 0.4) is 0 Å². The molecule has 0 N–H and O–H groups in total. The van der Waals surface area contributed by atoms with Crippen LogP contribution in [-0.4, -0.2) is 13.3 Å². The second kappa shape index (κ2) is 17.8. The molecule has 0 atom stereocenters. The van der Waals surface area contributed by atoms with Gasteiger partial charge >= 0.3 is 0 Å². The molecule has 5 heteroatoms. The standard InChI is InChI=1S/C73H46N4S/c1-3-14-46(15-4-1)48-26-32-57(33-27-48)76(59-22-13-21-50(42-59)47-16-5-2-6-17-47)69-39-37-62(71-72(69)75-78-74-71)49-28-34-58(35-29-49)77-68-38-31-54(53-30-36-61-56(40-53)41-55-20-9-10-23-60(55)61)45-67(68)70-64-25-12-11-24-63(64)65-43-51-18-7-8-19-52(51)44-66(65)73(70)77/h1-40,42-45H,41H2. The summed E-state index contributed by atoms with van der Waals surface area (Å²) >= 11 is 1.26. The molecule has 16 rings (SSSR count). The van der Waals surface area contributed by atoms with Gasteiger partial charge in [0, 0.05) is 38.8 Å². The highest BCUT2D eigenvalue weighted by Crippen LogP contribution is 2.47. The lowest BCUT2D eigenvalue weighted by molar-refractivity contribution is 1.19. The summed E-state index contributed by atoms with van der Waals surface area (Å²) in [6.45, 7) is 0. The van der Waals surface area contributed by atoms with E-state index < -0.39 is 0 Å². The van der Waals surface area contributed by atoms with Crippen LogP contribution in [0.15, 0.2) is 267 Å². The third-order valence-electron chi connectivity index (χ3n) is 16.2. The number of anilines is 3. The largest absolute Gasteiger partial charge is 0.309 e. The molecule has 15 aromatic rings. The molecule has 0 spiro atoms. The Morgan fingerprint density at radius 3 is 1.74 bits per heavy atom. The number of fused-ring (bicyclic) bond motifs is 13. The number of rotatable bonds is 8. The zero-order valence-corrected chi connectivity index (χ0v) is 43.1. The number of hydrogen-bond donors (Lipinski definition) is 0. The van der Waals surface area contributed by atoms with Crippen molar-refractivity contribution in [2.75, 3.05) is 4.90 Å². The SMILES string of the molecule is c1ccc(-c2ccc(N(c3cccc(-c4ccccc4)c3)c3ccc(-c4ccc(-n5c6ccc(-c7ccc8c(c7)Cc7ccccc7-8)cc6c6c7ccccc7c7cc8ccccc8cc7c65)cc4)c4nsnc34)cc2)cc1. The lowest BCUT2D eigenvalue weighted by atomic mass is 9.93. The highest BCUT2D eigenvalue weighted by atomic mass is 32.1. The number of benzene rings is 13. The minimum absolute atomic E-state index is 0.857. The second-order valence-corrected chi connectivity index (χ2v) is 21.1. The van der Waals surface area contributed by atoms with Gasteiger partial charge in [0.2, 0.25) is 0 Å². The summed E-state index contributed by atoms with van der Waals surface area (Å²) in [4.78, 5) is 2.33. The Kier molecular flexibility index (Phi) is 10.1. The lowest BCUT2D eigenvalue weighted by Crippen LogP contribution is -2.11. The molecular weight excluding hydrogens is 965 g/mol. The number of hydrogen-bond acceptors (Lipinski definition) is 4. The molecule has 78 heavy (non-hydrogen) atoms. The maximum Gasteiger partial charge on any atom is 0.129 e. The summed E-state index contributed by atoms with van der Waals surface area (Å²) in [5, 5.41) is 9.97. The molecule has 1 aliphatic carbocycles. The lowest BCUT2D eigenvalue weighted by Gasteiger charge is -2.26. The van der Waals surface area contributed by atoms with Crippen molar-refractivity contribution >= 4 is 93.9 Å². The predicted octanol–water partition coefficient (Wildman–Crippen LogP) is 20.0. The molecule has 0 fully saturated rings. The van der Waals surface area contributed by atoms with Crippen LogP contribution in [0.2, 0.25) is 0 Å². The van der Waals surface area contributed by atoms with E-state index in [1.165, 1.54) is 116 Å². The first-order chi connectivity index (χ1) is 38.7. The van der Waals surface area contributed by atoms with Crippen molar-refractivity contribution in [1.82, 2.24) is 13.3 Å². The second-order valence-electron chi connectivity index (χ2n) is 20.6. The van der Waals surface area contributed by atoms with Crippen LogP contribution in [0.25, 0.3) is 126 Å². The van der Waals surface area contributed by atoms with Crippen molar-refractivity contribution in [3.8, 4) is 61.3 Å². The Hall–Kier alpha value is -9.94. The van der Waals surface area contributed by atoms with Gasteiger partial charge in [0.15, 0.2) is 0 Å². The van der Waals surface area contributed by atoms with E-state index in [2.05, 4.69) is 276 Å². The Balaban J connectivity index is 0.848. The smallest absolute Gasteiger partial charge is 0.129 e. The van der Waals surface area contributed by atoms with Gasteiger partial charge in [-0.25, -0.2) is 0 Å². The first-order valence-electron chi connectivity index (χ1n) is 26.7. The van der Waals surface area contributed by atoms with Gasteiger partial charge in [0.1, 0.15) is 11.0 Å². The van der Waals surface area contributed by atoms with E-state index in [1.54, 1.807) is 0 Å². The van der Waals surface area contributed by atoms with Crippen molar-refractivity contribution in [3.63, 3.8) is 0 Å². The maximum absolute atomic E-state index is 5.06. The van der Waals surface area contributed by atoms with Crippen LogP contribution in [0.4, 0.5) is 17.1 Å². The monoisotopic (exact) mass is 1010 g/mol. The van der Waals surface area contributed by atoms with E-state index in [9.17, 15) is 0 Å². The third-order valence-corrected chi connectivity index (χ3v) is 16.8. The molecule has 1 aliphatic rings. The molecule has 2 heterocycles. The first-order valence-corrected chi connectivity index (χ1v) is 27.4. The van der Waals surface area contributed by atoms with E-state index in [0.717, 1.165) is 56.9 Å². The molecular formula is C73H46N4S. The first kappa shape index (κ1) is 44.4. The van der Waals surface area contributed by atoms with E-state index in [-0.39, 0.29) is 0 Å². The molecule has 4 nitrogen and oxygen atoms in total. The topological polar surface area (TPSA) is 34.0 Å². The fourth-order valence-corrected chi connectivity index (χ4v) is 13.1. The van der Waals surface area contributed by atoms with E-state index in [0.29, 0.717) is 0 Å². The van der Waals surface area contributed by atoms with Crippen molar-refractivity contribution in [2.45, 2.75) is 6.42 Å². The highest BCUT2D eigenvalue weighted by molar-refractivity contribution is 7.00. The van der Waals surface area contributed by atoms with Gasteiger partial charge in [0.25, 0.3) is 0 Å². The van der Waals surface area contributed by atoms with Crippen LogP contribution in [-0.2, 0) is 6.42 Å². The normalized spacial score (nSPS) is 12.1. The third kappa shape index (κ3) is 7.13. The molecule has 0 saturated heterocycles. The van der Waals surface area contributed by atoms with Gasteiger partial charge in [-0.1, -0.05) is 194 Å². The van der Waals surface area contributed by atoms with E-state index >= 15 is 0 Å². The zero-order valence-electron chi connectivity index (χ0n) is 42.3. The quantitative estimate of drug-likeness (QED) is 0.112. The maximum atomic E-state index is 5.06. The van der Waals surface area contributed by atoms with Crippen LogP contribution >= 0.6 is 11.7 Å². The molecule has 0 radical (unpaired) electrons. The zero-order chi connectivity index (χ0) is 51.3. The van der Waals surface area contributed by atoms with E-state index in [4.69, 9.17) is 8.75 Å².